The first-order chi connectivity index (χ1) is 13.8. The first kappa shape index (κ1) is 17.2. The summed E-state index contributed by atoms with van der Waals surface area (Å²) in [5.41, 5.74) is 3.78. The molecule has 5 rings (SSSR count). The van der Waals surface area contributed by atoms with E-state index in [1.807, 2.05) is 42.5 Å². The Kier molecular flexibility index (Phi) is 4.46. The van der Waals surface area contributed by atoms with Gasteiger partial charge < -0.3 is 0 Å². The number of hydrogen-bond acceptors (Lipinski definition) is 2. The standard InChI is InChI=1S/C25H18FNS/c26-21-10-4-3-9-20(21)25-16-23(27-22-11-5-6-12-24(22)28-25)19-14-13-17-7-1-2-8-18(17)15-19/h1-15,25H,16H2/t25-/m1/s1. The first-order valence-corrected chi connectivity index (χ1v) is 10.2. The lowest BCUT2D eigenvalue weighted by atomic mass is 9.98. The molecule has 0 bridgehead atoms. The van der Waals surface area contributed by atoms with Crippen molar-refractivity contribution in [2.24, 2.45) is 4.99 Å². The molecule has 4 aromatic rings. The summed E-state index contributed by atoms with van der Waals surface area (Å²) < 4.78 is 14.6. The van der Waals surface area contributed by atoms with Crippen molar-refractivity contribution in [1.29, 1.82) is 0 Å². The maximum Gasteiger partial charge on any atom is 0.127 e. The molecule has 1 aliphatic rings. The molecule has 136 valence electrons. The van der Waals surface area contributed by atoms with Crippen LogP contribution < -0.4 is 0 Å². The SMILES string of the molecule is Fc1ccccc1[C@H]1CC(c2ccc3ccccc3c2)=Nc2ccccc2S1. The summed E-state index contributed by atoms with van der Waals surface area (Å²) in [6, 6.07) is 30.0. The highest BCUT2D eigenvalue weighted by Crippen LogP contribution is 2.46. The normalized spacial score (nSPS) is 16.3. The van der Waals surface area contributed by atoms with Gasteiger partial charge in [0.25, 0.3) is 0 Å². The van der Waals surface area contributed by atoms with Gasteiger partial charge in [0.15, 0.2) is 0 Å². The molecule has 0 fully saturated rings. The molecule has 0 spiro atoms. The van der Waals surface area contributed by atoms with Crippen molar-refractivity contribution in [2.75, 3.05) is 0 Å². The van der Waals surface area contributed by atoms with Crippen LogP contribution in [0.4, 0.5) is 10.1 Å². The van der Waals surface area contributed by atoms with Gasteiger partial charge in [-0.15, -0.1) is 11.8 Å². The predicted octanol–water partition coefficient (Wildman–Crippen LogP) is 7.34. The topological polar surface area (TPSA) is 12.4 Å². The van der Waals surface area contributed by atoms with E-state index in [-0.39, 0.29) is 11.1 Å². The minimum atomic E-state index is -0.155. The minimum absolute atomic E-state index is 0.0185. The van der Waals surface area contributed by atoms with Crippen LogP contribution in [0.3, 0.4) is 0 Å². The molecule has 1 aliphatic heterocycles. The zero-order valence-electron chi connectivity index (χ0n) is 15.2. The Hall–Kier alpha value is -2.91. The molecule has 0 radical (unpaired) electrons. The fourth-order valence-corrected chi connectivity index (χ4v) is 4.93. The number of aliphatic imine (C=N–C) groups is 1. The third-order valence-electron chi connectivity index (χ3n) is 5.10. The molecule has 0 amide bonds. The van der Waals surface area contributed by atoms with E-state index in [0.717, 1.165) is 27.4 Å². The van der Waals surface area contributed by atoms with Crippen LogP contribution in [0.2, 0.25) is 0 Å². The Morgan fingerprint density at radius 1 is 0.786 bits per heavy atom. The van der Waals surface area contributed by atoms with E-state index in [1.54, 1.807) is 23.9 Å². The molecule has 0 saturated carbocycles. The second-order valence-corrected chi connectivity index (χ2v) is 8.16. The van der Waals surface area contributed by atoms with Crippen LogP contribution in [0.25, 0.3) is 10.8 Å². The number of nitrogens with zero attached hydrogens (tertiary/aromatic N) is 1. The van der Waals surface area contributed by atoms with Gasteiger partial charge in [0.1, 0.15) is 5.82 Å². The predicted molar refractivity (Wildman–Crippen MR) is 116 cm³/mol. The van der Waals surface area contributed by atoms with Gasteiger partial charge in [-0.25, -0.2) is 4.39 Å². The van der Waals surface area contributed by atoms with E-state index in [1.165, 1.54) is 10.8 Å². The molecule has 4 aromatic carbocycles. The van der Waals surface area contributed by atoms with Crippen molar-refractivity contribution in [3.8, 4) is 0 Å². The van der Waals surface area contributed by atoms with Gasteiger partial charge in [0, 0.05) is 27.8 Å². The van der Waals surface area contributed by atoms with E-state index in [4.69, 9.17) is 4.99 Å². The average Bonchev–Trinajstić information content (AvgIpc) is 2.93. The highest BCUT2D eigenvalue weighted by molar-refractivity contribution is 7.99. The molecule has 0 aromatic heterocycles. The summed E-state index contributed by atoms with van der Waals surface area (Å²) >= 11 is 1.69. The van der Waals surface area contributed by atoms with Gasteiger partial charge in [-0.1, -0.05) is 66.7 Å². The monoisotopic (exact) mass is 383 g/mol. The summed E-state index contributed by atoms with van der Waals surface area (Å²) in [6.45, 7) is 0. The number of halogens is 1. The Morgan fingerprint density at radius 3 is 2.43 bits per heavy atom. The van der Waals surface area contributed by atoms with Crippen LogP contribution in [0.15, 0.2) is 101 Å². The quantitative estimate of drug-likeness (QED) is 0.353. The van der Waals surface area contributed by atoms with Crippen molar-refractivity contribution in [2.45, 2.75) is 16.6 Å². The van der Waals surface area contributed by atoms with Crippen LogP contribution in [-0.4, -0.2) is 5.71 Å². The van der Waals surface area contributed by atoms with E-state index >= 15 is 0 Å². The van der Waals surface area contributed by atoms with Gasteiger partial charge in [-0.3, -0.25) is 4.99 Å². The Labute approximate surface area is 168 Å². The molecule has 0 aliphatic carbocycles. The van der Waals surface area contributed by atoms with Crippen LogP contribution in [0.5, 0.6) is 0 Å². The fraction of sp³-hybridized carbons (Fsp3) is 0.0800. The van der Waals surface area contributed by atoms with E-state index in [0.29, 0.717) is 6.42 Å². The van der Waals surface area contributed by atoms with Gasteiger partial charge in [-0.2, -0.15) is 0 Å². The summed E-state index contributed by atoms with van der Waals surface area (Å²) in [5.74, 6) is -0.155. The van der Waals surface area contributed by atoms with Gasteiger partial charge >= 0.3 is 0 Å². The third-order valence-corrected chi connectivity index (χ3v) is 6.41. The van der Waals surface area contributed by atoms with Gasteiger partial charge in [0.05, 0.1) is 5.69 Å². The summed E-state index contributed by atoms with van der Waals surface area (Å²) in [4.78, 5) is 6.08. The Bertz CT molecular complexity index is 1200. The number of benzene rings is 4. The molecule has 0 N–H and O–H groups in total. The van der Waals surface area contributed by atoms with Crippen molar-refractivity contribution < 1.29 is 4.39 Å². The molecule has 0 unspecified atom stereocenters. The van der Waals surface area contributed by atoms with Crippen molar-refractivity contribution in [1.82, 2.24) is 0 Å². The maximum atomic E-state index is 14.6. The molecule has 28 heavy (non-hydrogen) atoms. The summed E-state index contributed by atoms with van der Waals surface area (Å²) in [7, 11) is 0. The van der Waals surface area contributed by atoms with Gasteiger partial charge in [-0.05, 0) is 40.6 Å². The van der Waals surface area contributed by atoms with Crippen molar-refractivity contribution >= 4 is 33.9 Å². The number of thioether (sulfide) groups is 1. The molecular weight excluding hydrogens is 365 g/mol. The van der Waals surface area contributed by atoms with Crippen molar-refractivity contribution in [3.05, 3.63) is 108 Å². The lowest BCUT2D eigenvalue weighted by Gasteiger charge is -2.17. The largest absolute Gasteiger partial charge is 0.252 e. The highest BCUT2D eigenvalue weighted by atomic mass is 32.2. The molecule has 1 nitrogen and oxygen atoms in total. The number of hydrogen-bond donors (Lipinski definition) is 0. The van der Waals surface area contributed by atoms with Gasteiger partial charge in [0.2, 0.25) is 0 Å². The van der Waals surface area contributed by atoms with E-state index in [9.17, 15) is 4.39 Å². The fourth-order valence-electron chi connectivity index (χ4n) is 3.67. The maximum absolute atomic E-state index is 14.6. The minimum Gasteiger partial charge on any atom is -0.252 e. The zero-order chi connectivity index (χ0) is 18.9. The smallest absolute Gasteiger partial charge is 0.127 e. The molecule has 3 heteroatoms. The second-order valence-electron chi connectivity index (χ2n) is 6.92. The summed E-state index contributed by atoms with van der Waals surface area (Å²) in [6.07, 6.45) is 0.679. The van der Waals surface area contributed by atoms with Crippen LogP contribution in [0.1, 0.15) is 22.8 Å². The lowest BCUT2D eigenvalue weighted by molar-refractivity contribution is 0.609. The van der Waals surface area contributed by atoms with Crippen LogP contribution >= 0.6 is 11.8 Å². The molecule has 1 heterocycles. The number of rotatable bonds is 2. The number of fused-ring (bicyclic) bond motifs is 2. The summed E-state index contributed by atoms with van der Waals surface area (Å²) in [5, 5.41) is 2.38. The average molecular weight is 383 g/mol. The lowest BCUT2D eigenvalue weighted by Crippen LogP contribution is -2.06. The van der Waals surface area contributed by atoms with Crippen LogP contribution in [0, 0.1) is 5.82 Å². The molecular formula is C25H18FNS. The zero-order valence-corrected chi connectivity index (χ0v) is 16.0. The third kappa shape index (κ3) is 3.23. The number of para-hydroxylation sites is 1. The van der Waals surface area contributed by atoms with E-state index < -0.39 is 0 Å². The van der Waals surface area contributed by atoms with Crippen LogP contribution in [-0.2, 0) is 0 Å². The Balaban J connectivity index is 1.64. The first-order valence-electron chi connectivity index (χ1n) is 9.35. The van der Waals surface area contributed by atoms with Crippen molar-refractivity contribution in [3.63, 3.8) is 0 Å². The molecule has 0 saturated heterocycles. The Morgan fingerprint density at radius 2 is 1.54 bits per heavy atom. The highest BCUT2D eigenvalue weighted by Gasteiger charge is 2.24. The van der Waals surface area contributed by atoms with E-state index in [2.05, 4.69) is 36.4 Å². The second kappa shape index (κ2) is 7.25. The molecule has 1 atom stereocenters.